The molecule has 2 atom stereocenters. The summed E-state index contributed by atoms with van der Waals surface area (Å²) >= 11 is 0. The number of nitrogens with zero attached hydrogens (tertiary/aromatic N) is 7. The van der Waals surface area contributed by atoms with Crippen LogP contribution < -0.4 is 10.2 Å². The summed E-state index contributed by atoms with van der Waals surface area (Å²) in [6, 6.07) is 0. The Kier molecular flexibility index (Phi) is 3.21. The van der Waals surface area contributed by atoms with Gasteiger partial charge in [-0.05, 0) is 11.8 Å². The lowest BCUT2D eigenvalue weighted by atomic mass is 10.0. The minimum absolute atomic E-state index is 0.476. The van der Waals surface area contributed by atoms with E-state index in [1.807, 2.05) is 0 Å². The molecule has 2 unspecified atom stereocenters. The highest BCUT2D eigenvalue weighted by molar-refractivity contribution is 5.40. The molecule has 3 heterocycles. The number of hydrogen-bond donors (Lipinski definition) is 1. The van der Waals surface area contributed by atoms with Gasteiger partial charge < -0.3 is 10.2 Å². The average Bonchev–Trinajstić information content (AvgIpc) is 3.09. The Morgan fingerprint density at radius 3 is 2.40 bits per heavy atom. The minimum atomic E-state index is 0.476. The molecular formula is C12H18N8. The van der Waals surface area contributed by atoms with Crippen LogP contribution in [0.3, 0.4) is 0 Å². The number of aromatic nitrogens is 6. The predicted molar refractivity (Wildman–Crippen MR) is 74.8 cm³/mol. The van der Waals surface area contributed by atoms with E-state index >= 15 is 0 Å². The van der Waals surface area contributed by atoms with Crippen LogP contribution in [-0.2, 0) is 0 Å². The maximum absolute atomic E-state index is 4.50. The van der Waals surface area contributed by atoms with Crippen LogP contribution in [0.5, 0.6) is 0 Å². The molecule has 1 aliphatic heterocycles. The second kappa shape index (κ2) is 5.03. The van der Waals surface area contributed by atoms with Crippen molar-refractivity contribution >= 4 is 11.9 Å². The second-order valence-corrected chi connectivity index (χ2v) is 5.21. The lowest BCUT2D eigenvalue weighted by molar-refractivity contribution is 0.494. The van der Waals surface area contributed by atoms with E-state index in [4.69, 9.17) is 0 Å². The van der Waals surface area contributed by atoms with Crippen LogP contribution in [0.1, 0.15) is 13.8 Å². The molecule has 0 saturated carbocycles. The Balaban J connectivity index is 1.97. The summed E-state index contributed by atoms with van der Waals surface area (Å²) < 4.78 is 1.54. The van der Waals surface area contributed by atoms with Gasteiger partial charge in [-0.3, -0.25) is 0 Å². The Bertz CT molecular complexity index is 571. The quantitative estimate of drug-likeness (QED) is 0.876. The van der Waals surface area contributed by atoms with E-state index in [9.17, 15) is 0 Å². The SMILES string of the molecule is CNc1nc(N2CC(C)C(C)C2)nc(-n2cncn2)n1. The van der Waals surface area contributed by atoms with E-state index in [-0.39, 0.29) is 0 Å². The van der Waals surface area contributed by atoms with Gasteiger partial charge in [0, 0.05) is 20.1 Å². The Labute approximate surface area is 117 Å². The van der Waals surface area contributed by atoms with Gasteiger partial charge in [-0.1, -0.05) is 13.8 Å². The molecule has 0 spiro atoms. The molecule has 1 aliphatic rings. The smallest absolute Gasteiger partial charge is 0.258 e. The molecule has 0 bridgehead atoms. The molecule has 106 valence electrons. The molecule has 0 amide bonds. The molecule has 0 aliphatic carbocycles. The van der Waals surface area contributed by atoms with Gasteiger partial charge >= 0.3 is 0 Å². The Hall–Kier alpha value is -2.25. The van der Waals surface area contributed by atoms with E-state index in [1.165, 1.54) is 11.0 Å². The molecule has 2 aromatic heterocycles. The fourth-order valence-corrected chi connectivity index (χ4v) is 2.31. The molecule has 8 nitrogen and oxygen atoms in total. The molecule has 1 saturated heterocycles. The maximum atomic E-state index is 4.50. The third kappa shape index (κ3) is 2.28. The minimum Gasteiger partial charge on any atom is -0.357 e. The van der Waals surface area contributed by atoms with E-state index in [1.54, 1.807) is 13.4 Å². The Morgan fingerprint density at radius 2 is 1.80 bits per heavy atom. The van der Waals surface area contributed by atoms with E-state index < -0.39 is 0 Å². The fourth-order valence-electron chi connectivity index (χ4n) is 2.31. The van der Waals surface area contributed by atoms with Crippen molar-refractivity contribution in [2.24, 2.45) is 11.8 Å². The molecule has 0 aromatic carbocycles. The van der Waals surface area contributed by atoms with Gasteiger partial charge in [0.15, 0.2) is 0 Å². The number of hydrogen-bond acceptors (Lipinski definition) is 7. The molecule has 3 rings (SSSR count). The van der Waals surface area contributed by atoms with Gasteiger partial charge in [-0.25, -0.2) is 4.98 Å². The topological polar surface area (TPSA) is 84.7 Å². The highest BCUT2D eigenvalue weighted by Gasteiger charge is 2.28. The van der Waals surface area contributed by atoms with Crippen molar-refractivity contribution < 1.29 is 0 Å². The third-order valence-electron chi connectivity index (χ3n) is 3.73. The molecule has 0 radical (unpaired) electrons. The van der Waals surface area contributed by atoms with Gasteiger partial charge in [0.25, 0.3) is 5.95 Å². The van der Waals surface area contributed by atoms with Gasteiger partial charge in [-0.15, -0.1) is 0 Å². The largest absolute Gasteiger partial charge is 0.357 e. The van der Waals surface area contributed by atoms with E-state index in [2.05, 4.69) is 49.1 Å². The average molecular weight is 274 g/mol. The van der Waals surface area contributed by atoms with Crippen LogP contribution in [0.25, 0.3) is 5.95 Å². The normalized spacial score (nSPS) is 22.2. The van der Waals surface area contributed by atoms with Gasteiger partial charge in [-0.2, -0.15) is 24.7 Å². The van der Waals surface area contributed by atoms with Crippen LogP contribution in [0.2, 0.25) is 0 Å². The highest BCUT2D eigenvalue weighted by atomic mass is 15.4. The summed E-state index contributed by atoms with van der Waals surface area (Å²) in [5, 5.41) is 7.03. The summed E-state index contributed by atoms with van der Waals surface area (Å²) in [4.78, 5) is 19.4. The van der Waals surface area contributed by atoms with E-state index in [0.717, 1.165) is 13.1 Å². The zero-order valence-corrected chi connectivity index (χ0v) is 11.9. The lowest BCUT2D eigenvalue weighted by Crippen LogP contribution is -2.24. The van der Waals surface area contributed by atoms with Gasteiger partial charge in [0.1, 0.15) is 12.7 Å². The monoisotopic (exact) mass is 274 g/mol. The molecule has 1 fully saturated rings. The van der Waals surface area contributed by atoms with Crippen LogP contribution in [0.15, 0.2) is 12.7 Å². The first-order valence-corrected chi connectivity index (χ1v) is 6.71. The van der Waals surface area contributed by atoms with Crippen LogP contribution in [-0.4, -0.2) is 49.9 Å². The zero-order valence-electron chi connectivity index (χ0n) is 11.9. The fraction of sp³-hybridized carbons (Fsp3) is 0.583. The first kappa shape index (κ1) is 12.8. The number of anilines is 2. The van der Waals surface area contributed by atoms with Crippen molar-refractivity contribution in [3.8, 4) is 5.95 Å². The van der Waals surface area contributed by atoms with Crippen molar-refractivity contribution in [2.75, 3.05) is 30.4 Å². The lowest BCUT2D eigenvalue weighted by Gasteiger charge is -2.17. The van der Waals surface area contributed by atoms with E-state index in [0.29, 0.717) is 29.7 Å². The third-order valence-corrected chi connectivity index (χ3v) is 3.73. The van der Waals surface area contributed by atoms with Crippen molar-refractivity contribution in [1.82, 2.24) is 29.7 Å². The first-order chi connectivity index (χ1) is 9.67. The molecule has 2 aromatic rings. The highest BCUT2D eigenvalue weighted by Crippen LogP contribution is 2.26. The maximum Gasteiger partial charge on any atom is 0.258 e. The van der Waals surface area contributed by atoms with Gasteiger partial charge in [0.2, 0.25) is 11.9 Å². The predicted octanol–water partition coefficient (Wildman–Crippen LogP) is 0.586. The zero-order chi connectivity index (χ0) is 14.1. The summed E-state index contributed by atoms with van der Waals surface area (Å²) in [5.74, 6) is 2.97. The standard InChI is InChI=1S/C12H18N8/c1-8-4-19(5-9(8)2)11-16-10(13-3)17-12(18-11)20-7-14-6-15-20/h6-9H,4-5H2,1-3H3,(H,13,16,17,18). The summed E-state index contributed by atoms with van der Waals surface area (Å²) in [6.07, 6.45) is 3.04. The molecular weight excluding hydrogens is 256 g/mol. The molecule has 20 heavy (non-hydrogen) atoms. The second-order valence-electron chi connectivity index (χ2n) is 5.21. The molecule has 1 N–H and O–H groups in total. The van der Waals surface area contributed by atoms with Crippen LogP contribution >= 0.6 is 0 Å². The summed E-state index contributed by atoms with van der Waals surface area (Å²) in [6.45, 7) is 6.43. The van der Waals surface area contributed by atoms with Crippen LogP contribution in [0, 0.1) is 11.8 Å². The first-order valence-electron chi connectivity index (χ1n) is 6.71. The van der Waals surface area contributed by atoms with Crippen molar-refractivity contribution in [3.05, 3.63) is 12.7 Å². The molecule has 8 heteroatoms. The number of nitrogens with one attached hydrogen (secondary N) is 1. The number of rotatable bonds is 3. The van der Waals surface area contributed by atoms with Crippen molar-refractivity contribution in [2.45, 2.75) is 13.8 Å². The van der Waals surface area contributed by atoms with Crippen molar-refractivity contribution in [1.29, 1.82) is 0 Å². The van der Waals surface area contributed by atoms with Crippen LogP contribution in [0.4, 0.5) is 11.9 Å². The summed E-state index contributed by atoms with van der Waals surface area (Å²) in [5.41, 5.74) is 0. The van der Waals surface area contributed by atoms with Gasteiger partial charge in [0.05, 0.1) is 0 Å². The van der Waals surface area contributed by atoms with Crippen molar-refractivity contribution in [3.63, 3.8) is 0 Å². The summed E-state index contributed by atoms with van der Waals surface area (Å²) in [7, 11) is 1.79. The Morgan fingerprint density at radius 1 is 1.10 bits per heavy atom.